The minimum atomic E-state index is -0.229. The summed E-state index contributed by atoms with van der Waals surface area (Å²) in [7, 11) is 0. The third-order valence-electron chi connectivity index (χ3n) is 5.39. The van der Waals surface area contributed by atoms with E-state index in [9.17, 15) is 9.59 Å². The highest BCUT2D eigenvalue weighted by Crippen LogP contribution is 2.27. The number of hydrogen-bond acceptors (Lipinski definition) is 3. The number of likely N-dealkylation sites (tertiary alicyclic amines) is 1. The van der Waals surface area contributed by atoms with Gasteiger partial charge in [0, 0.05) is 29.9 Å². The van der Waals surface area contributed by atoms with Crippen LogP contribution in [0.1, 0.15) is 60.2 Å². The summed E-state index contributed by atoms with van der Waals surface area (Å²) in [6, 6.07) is 12.4. The first-order valence-electron chi connectivity index (χ1n) is 10.6. The number of piperidine rings is 1. The fraction of sp³-hybridized carbons (Fsp3) is 0.417. The van der Waals surface area contributed by atoms with Crippen LogP contribution in [0.2, 0.25) is 0 Å². The number of rotatable bonds is 7. The van der Waals surface area contributed by atoms with Crippen LogP contribution in [0.4, 0.5) is 5.69 Å². The molecule has 0 atom stereocenters. The van der Waals surface area contributed by atoms with Gasteiger partial charge in [-0.25, -0.2) is 0 Å². The number of amides is 2. The molecule has 0 spiro atoms. The summed E-state index contributed by atoms with van der Waals surface area (Å²) in [5.74, 6) is 1.19. The lowest BCUT2D eigenvalue weighted by Gasteiger charge is -2.30. The van der Waals surface area contributed by atoms with E-state index in [0.717, 1.165) is 49.0 Å². The number of anilines is 1. The summed E-state index contributed by atoms with van der Waals surface area (Å²) < 4.78 is 6.46. The summed E-state index contributed by atoms with van der Waals surface area (Å²) >= 11 is 3.48. The zero-order chi connectivity index (χ0) is 21.5. The second kappa shape index (κ2) is 10.6. The van der Waals surface area contributed by atoms with E-state index >= 15 is 0 Å². The lowest BCUT2D eigenvalue weighted by Crippen LogP contribution is -2.37. The van der Waals surface area contributed by atoms with E-state index in [4.69, 9.17) is 4.74 Å². The SMILES string of the molecule is CCCCOc1ccc(C(=O)Nc2cccc(C(=O)N3CCC(C)CC3)c2)cc1Br. The van der Waals surface area contributed by atoms with Crippen molar-refractivity contribution < 1.29 is 14.3 Å². The number of carbonyl (C=O) groups is 2. The molecule has 5 nitrogen and oxygen atoms in total. The zero-order valence-electron chi connectivity index (χ0n) is 17.6. The molecule has 0 aliphatic carbocycles. The number of hydrogen-bond donors (Lipinski definition) is 1. The van der Waals surface area contributed by atoms with Crippen LogP contribution < -0.4 is 10.1 Å². The molecule has 2 amide bonds. The Balaban J connectivity index is 1.65. The first kappa shape index (κ1) is 22.3. The molecule has 1 saturated heterocycles. The van der Waals surface area contributed by atoms with E-state index in [0.29, 0.717) is 29.3 Å². The fourth-order valence-corrected chi connectivity index (χ4v) is 3.91. The molecule has 1 aliphatic rings. The topological polar surface area (TPSA) is 58.6 Å². The molecule has 1 fully saturated rings. The Kier molecular flexibility index (Phi) is 7.91. The molecule has 3 rings (SSSR count). The molecule has 2 aromatic carbocycles. The normalized spacial score (nSPS) is 14.4. The largest absolute Gasteiger partial charge is 0.492 e. The Labute approximate surface area is 186 Å². The molecule has 1 N–H and O–H groups in total. The summed E-state index contributed by atoms with van der Waals surface area (Å²) in [4.78, 5) is 27.4. The third-order valence-corrected chi connectivity index (χ3v) is 6.01. The van der Waals surface area contributed by atoms with Gasteiger partial charge >= 0.3 is 0 Å². The number of nitrogens with one attached hydrogen (secondary N) is 1. The smallest absolute Gasteiger partial charge is 0.255 e. The van der Waals surface area contributed by atoms with Crippen molar-refractivity contribution in [3.05, 3.63) is 58.1 Å². The number of halogens is 1. The summed E-state index contributed by atoms with van der Waals surface area (Å²) in [6.45, 7) is 6.56. The van der Waals surface area contributed by atoms with Crippen LogP contribution in [0.25, 0.3) is 0 Å². The molecule has 0 bridgehead atoms. The van der Waals surface area contributed by atoms with Crippen molar-refractivity contribution in [2.75, 3.05) is 25.0 Å². The van der Waals surface area contributed by atoms with Gasteiger partial charge in [0.25, 0.3) is 11.8 Å². The summed E-state index contributed by atoms with van der Waals surface area (Å²) in [5.41, 5.74) is 1.73. The van der Waals surface area contributed by atoms with Gasteiger partial charge in [-0.3, -0.25) is 9.59 Å². The predicted octanol–water partition coefficient (Wildman–Crippen LogP) is 5.75. The second-order valence-electron chi connectivity index (χ2n) is 7.86. The average Bonchev–Trinajstić information content (AvgIpc) is 2.75. The lowest BCUT2D eigenvalue weighted by molar-refractivity contribution is 0.0697. The molecule has 0 aromatic heterocycles. The first-order chi connectivity index (χ1) is 14.5. The molecular formula is C24H29BrN2O3. The van der Waals surface area contributed by atoms with Crippen LogP contribution in [0.15, 0.2) is 46.9 Å². The van der Waals surface area contributed by atoms with Crippen molar-refractivity contribution >= 4 is 33.4 Å². The number of unbranched alkanes of at least 4 members (excludes halogenated alkanes) is 1. The van der Waals surface area contributed by atoms with Crippen molar-refractivity contribution in [3.8, 4) is 5.75 Å². The Morgan fingerprint density at radius 1 is 1.13 bits per heavy atom. The minimum absolute atomic E-state index is 0.0225. The van der Waals surface area contributed by atoms with Crippen molar-refractivity contribution in [1.82, 2.24) is 4.90 Å². The van der Waals surface area contributed by atoms with E-state index < -0.39 is 0 Å². The lowest BCUT2D eigenvalue weighted by atomic mass is 9.98. The van der Waals surface area contributed by atoms with Crippen LogP contribution in [0, 0.1) is 5.92 Å². The minimum Gasteiger partial charge on any atom is -0.492 e. The van der Waals surface area contributed by atoms with Gasteiger partial charge in [0.05, 0.1) is 11.1 Å². The highest BCUT2D eigenvalue weighted by atomic mass is 79.9. The Morgan fingerprint density at radius 3 is 2.60 bits per heavy atom. The van der Waals surface area contributed by atoms with Crippen molar-refractivity contribution in [2.24, 2.45) is 5.92 Å². The Hall–Kier alpha value is -2.34. The maximum absolute atomic E-state index is 12.8. The molecule has 0 saturated carbocycles. The quantitative estimate of drug-likeness (QED) is 0.521. The zero-order valence-corrected chi connectivity index (χ0v) is 19.2. The van der Waals surface area contributed by atoms with Gasteiger partial charge in [-0.1, -0.05) is 26.3 Å². The van der Waals surface area contributed by atoms with Crippen LogP contribution in [0.5, 0.6) is 5.75 Å². The maximum atomic E-state index is 12.8. The predicted molar refractivity (Wildman–Crippen MR) is 123 cm³/mol. The number of carbonyl (C=O) groups excluding carboxylic acids is 2. The molecule has 0 unspecified atom stereocenters. The van der Waals surface area contributed by atoms with Gasteiger partial charge in [0.2, 0.25) is 0 Å². The van der Waals surface area contributed by atoms with Crippen LogP contribution in [-0.4, -0.2) is 36.4 Å². The van der Waals surface area contributed by atoms with Crippen LogP contribution in [0.3, 0.4) is 0 Å². The van der Waals surface area contributed by atoms with Gasteiger partial charge in [0.15, 0.2) is 0 Å². The van der Waals surface area contributed by atoms with Crippen LogP contribution >= 0.6 is 15.9 Å². The van der Waals surface area contributed by atoms with Crippen molar-refractivity contribution in [3.63, 3.8) is 0 Å². The van der Waals surface area contributed by atoms with Gasteiger partial charge in [0.1, 0.15) is 5.75 Å². The Bertz CT molecular complexity index is 892. The monoisotopic (exact) mass is 472 g/mol. The first-order valence-corrected chi connectivity index (χ1v) is 11.4. The van der Waals surface area contributed by atoms with Gasteiger partial charge in [-0.15, -0.1) is 0 Å². The molecule has 2 aromatic rings. The highest BCUT2D eigenvalue weighted by Gasteiger charge is 2.21. The highest BCUT2D eigenvalue weighted by molar-refractivity contribution is 9.10. The number of benzene rings is 2. The molecule has 6 heteroatoms. The van der Waals surface area contributed by atoms with Crippen molar-refractivity contribution in [2.45, 2.75) is 39.5 Å². The van der Waals surface area contributed by atoms with E-state index in [-0.39, 0.29) is 11.8 Å². The van der Waals surface area contributed by atoms with Crippen LogP contribution in [-0.2, 0) is 0 Å². The average molecular weight is 473 g/mol. The number of ether oxygens (including phenoxy) is 1. The van der Waals surface area contributed by atoms with E-state index in [2.05, 4.69) is 35.1 Å². The number of nitrogens with zero attached hydrogens (tertiary/aromatic N) is 1. The van der Waals surface area contributed by atoms with Crippen molar-refractivity contribution in [1.29, 1.82) is 0 Å². The fourth-order valence-electron chi connectivity index (χ4n) is 3.41. The van der Waals surface area contributed by atoms with E-state index in [1.165, 1.54) is 0 Å². The maximum Gasteiger partial charge on any atom is 0.255 e. The van der Waals surface area contributed by atoms with Gasteiger partial charge < -0.3 is 15.0 Å². The molecule has 30 heavy (non-hydrogen) atoms. The van der Waals surface area contributed by atoms with E-state index in [1.54, 1.807) is 42.5 Å². The van der Waals surface area contributed by atoms with Gasteiger partial charge in [-0.2, -0.15) is 0 Å². The second-order valence-corrected chi connectivity index (χ2v) is 8.71. The van der Waals surface area contributed by atoms with E-state index in [1.807, 2.05) is 4.90 Å². The molecule has 160 valence electrons. The molecular weight excluding hydrogens is 444 g/mol. The molecule has 0 radical (unpaired) electrons. The summed E-state index contributed by atoms with van der Waals surface area (Å²) in [5, 5.41) is 2.89. The third kappa shape index (κ3) is 5.85. The molecule has 1 heterocycles. The standard InChI is InChI=1S/C24H29BrN2O3/c1-3-4-14-30-22-9-8-18(16-21(22)25)23(28)26-20-7-5-6-19(15-20)24(29)27-12-10-17(2)11-13-27/h5-9,15-17H,3-4,10-14H2,1-2H3,(H,26,28). The van der Waals surface area contributed by atoms with Gasteiger partial charge in [-0.05, 0) is 77.5 Å². The summed E-state index contributed by atoms with van der Waals surface area (Å²) in [6.07, 6.45) is 4.13. The Morgan fingerprint density at radius 2 is 1.90 bits per heavy atom. The molecule has 1 aliphatic heterocycles.